The second-order valence-electron chi connectivity index (χ2n) is 5.15. The molecule has 0 saturated carbocycles. The van der Waals surface area contributed by atoms with Crippen LogP contribution in [0.15, 0.2) is 0 Å². The summed E-state index contributed by atoms with van der Waals surface area (Å²) in [5, 5.41) is 2.89. The minimum atomic E-state index is -0.214. The van der Waals surface area contributed by atoms with E-state index in [9.17, 15) is 9.59 Å². The zero-order valence-electron chi connectivity index (χ0n) is 10.7. The van der Waals surface area contributed by atoms with Crippen LogP contribution < -0.4 is 11.1 Å². The molecule has 98 valence electrons. The Labute approximate surface area is 103 Å². The molecule has 1 rings (SSSR count). The minimum absolute atomic E-state index is 0.00928. The van der Waals surface area contributed by atoms with E-state index in [0.29, 0.717) is 12.5 Å². The monoisotopic (exact) mass is 241 g/mol. The van der Waals surface area contributed by atoms with Crippen LogP contribution >= 0.6 is 0 Å². The Morgan fingerprint density at radius 3 is 2.41 bits per heavy atom. The largest absolute Gasteiger partial charge is 0.369 e. The highest BCUT2D eigenvalue weighted by Crippen LogP contribution is 2.15. The van der Waals surface area contributed by atoms with Crippen molar-refractivity contribution >= 4 is 11.8 Å². The summed E-state index contributed by atoms with van der Waals surface area (Å²) in [6.07, 6.45) is 1.54. The van der Waals surface area contributed by atoms with Crippen molar-refractivity contribution in [1.29, 1.82) is 0 Å². The van der Waals surface area contributed by atoms with Gasteiger partial charge in [0.15, 0.2) is 0 Å². The number of piperidine rings is 1. The maximum absolute atomic E-state index is 11.6. The summed E-state index contributed by atoms with van der Waals surface area (Å²) in [5.74, 6) is 0.314. The number of hydrogen-bond donors (Lipinski definition) is 2. The fourth-order valence-electron chi connectivity index (χ4n) is 1.95. The molecule has 3 N–H and O–H groups in total. The molecule has 0 radical (unpaired) electrons. The van der Waals surface area contributed by atoms with Crippen molar-refractivity contribution in [2.45, 2.75) is 26.7 Å². The first-order valence-electron chi connectivity index (χ1n) is 6.27. The predicted octanol–water partition coefficient (Wildman–Crippen LogP) is -0.0441. The van der Waals surface area contributed by atoms with Crippen LogP contribution in [0, 0.1) is 11.8 Å². The van der Waals surface area contributed by atoms with E-state index in [1.54, 1.807) is 0 Å². The maximum Gasteiger partial charge on any atom is 0.234 e. The summed E-state index contributed by atoms with van der Waals surface area (Å²) in [7, 11) is 0. The molecule has 0 spiro atoms. The van der Waals surface area contributed by atoms with Crippen LogP contribution in [0.5, 0.6) is 0 Å². The van der Waals surface area contributed by atoms with Crippen molar-refractivity contribution in [2.75, 3.05) is 26.2 Å². The second kappa shape index (κ2) is 6.59. The van der Waals surface area contributed by atoms with E-state index in [-0.39, 0.29) is 17.7 Å². The number of primary amides is 1. The highest BCUT2D eigenvalue weighted by molar-refractivity contribution is 5.78. The van der Waals surface area contributed by atoms with Gasteiger partial charge in [-0.3, -0.25) is 14.5 Å². The highest BCUT2D eigenvalue weighted by atomic mass is 16.2. The standard InChI is InChI=1S/C12H23N3O2/c1-9(2)7-14-11(16)8-15-5-3-10(4-6-15)12(13)17/h9-10H,3-8H2,1-2H3,(H2,13,17)(H,14,16). The predicted molar refractivity (Wildman–Crippen MR) is 66.2 cm³/mol. The van der Waals surface area contributed by atoms with Gasteiger partial charge in [-0.2, -0.15) is 0 Å². The smallest absolute Gasteiger partial charge is 0.234 e. The molecule has 0 aromatic rings. The van der Waals surface area contributed by atoms with Crippen molar-refractivity contribution in [3.63, 3.8) is 0 Å². The Morgan fingerprint density at radius 2 is 1.94 bits per heavy atom. The SMILES string of the molecule is CC(C)CNC(=O)CN1CCC(C(N)=O)CC1. The van der Waals surface area contributed by atoms with Crippen molar-refractivity contribution in [3.8, 4) is 0 Å². The summed E-state index contributed by atoms with van der Waals surface area (Å²) in [5.41, 5.74) is 5.26. The molecule has 1 heterocycles. The number of likely N-dealkylation sites (tertiary alicyclic amines) is 1. The number of rotatable bonds is 5. The van der Waals surface area contributed by atoms with Crippen molar-refractivity contribution in [3.05, 3.63) is 0 Å². The molecule has 0 unspecified atom stereocenters. The van der Waals surface area contributed by atoms with Gasteiger partial charge in [-0.1, -0.05) is 13.8 Å². The number of hydrogen-bond acceptors (Lipinski definition) is 3. The molecule has 1 fully saturated rings. The Morgan fingerprint density at radius 1 is 1.35 bits per heavy atom. The average Bonchev–Trinajstić information content (AvgIpc) is 2.27. The molecule has 0 bridgehead atoms. The van der Waals surface area contributed by atoms with E-state index >= 15 is 0 Å². The average molecular weight is 241 g/mol. The van der Waals surface area contributed by atoms with Crippen molar-refractivity contribution in [1.82, 2.24) is 10.2 Å². The van der Waals surface area contributed by atoms with Crippen LogP contribution in [-0.4, -0.2) is 42.9 Å². The summed E-state index contributed by atoms with van der Waals surface area (Å²) in [4.78, 5) is 24.7. The van der Waals surface area contributed by atoms with E-state index < -0.39 is 0 Å². The number of carbonyl (C=O) groups excluding carboxylic acids is 2. The highest BCUT2D eigenvalue weighted by Gasteiger charge is 2.23. The molecule has 5 heteroatoms. The second-order valence-corrected chi connectivity index (χ2v) is 5.15. The van der Waals surface area contributed by atoms with Gasteiger partial charge in [0.2, 0.25) is 11.8 Å². The van der Waals surface area contributed by atoms with Gasteiger partial charge in [0, 0.05) is 12.5 Å². The Hall–Kier alpha value is -1.10. The van der Waals surface area contributed by atoms with Gasteiger partial charge in [-0.05, 0) is 31.8 Å². The summed E-state index contributed by atoms with van der Waals surface area (Å²) in [6.45, 7) is 6.84. The molecule has 0 aromatic heterocycles. The van der Waals surface area contributed by atoms with E-state index in [0.717, 1.165) is 32.5 Å². The lowest BCUT2D eigenvalue weighted by atomic mass is 9.96. The molecule has 0 atom stereocenters. The number of amides is 2. The van der Waals surface area contributed by atoms with Crippen LogP contribution in [-0.2, 0) is 9.59 Å². The molecule has 5 nitrogen and oxygen atoms in total. The first kappa shape index (κ1) is 14.0. The summed E-state index contributed by atoms with van der Waals surface area (Å²) < 4.78 is 0. The lowest BCUT2D eigenvalue weighted by molar-refractivity contribution is -0.124. The van der Waals surface area contributed by atoms with E-state index in [1.165, 1.54) is 0 Å². The van der Waals surface area contributed by atoms with Crippen molar-refractivity contribution in [2.24, 2.45) is 17.6 Å². The van der Waals surface area contributed by atoms with Crippen LogP contribution in [0.4, 0.5) is 0 Å². The van der Waals surface area contributed by atoms with Crippen LogP contribution in [0.1, 0.15) is 26.7 Å². The number of carbonyl (C=O) groups is 2. The lowest BCUT2D eigenvalue weighted by Crippen LogP contribution is -2.44. The molecular formula is C12H23N3O2. The third kappa shape index (κ3) is 5.17. The topological polar surface area (TPSA) is 75.4 Å². The van der Waals surface area contributed by atoms with Gasteiger partial charge in [-0.15, -0.1) is 0 Å². The normalized spacial score (nSPS) is 18.3. The van der Waals surface area contributed by atoms with Crippen LogP contribution in [0.25, 0.3) is 0 Å². The Kier molecular flexibility index (Phi) is 5.41. The third-order valence-electron chi connectivity index (χ3n) is 3.06. The Bertz CT molecular complexity index is 271. The summed E-state index contributed by atoms with van der Waals surface area (Å²) >= 11 is 0. The molecule has 2 amide bonds. The first-order valence-corrected chi connectivity index (χ1v) is 6.27. The third-order valence-corrected chi connectivity index (χ3v) is 3.06. The van der Waals surface area contributed by atoms with Gasteiger partial charge in [-0.25, -0.2) is 0 Å². The molecule has 0 aliphatic carbocycles. The van der Waals surface area contributed by atoms with Gasteiger partial charge < -0.3 is 11.1 Å². The quantitative estimate of drug-likeness (QED) is 0.709. The van der Waals surface area contributed by atoms with Gasteiger partial charge >= 0.3 is 0 Å². The number of nitrogens with zero attached hydrogens (tertiary/aromatic N) is 1. The van der Waals surface area contributed by atoms with Crippen LogP contribution in [0.2, 0.25) is 0 Å². The fraction of sp³-hybridized carbons (Fsp3) is 0.833. The first-order chi connectivity index (χ1) is 7.99. The molecule has 1 aliphatic heterocycles. The minimum Gasteiger partial charge on any atom is -0.369 e. The number of nitrogens with two attached hydrogens (primary N) is 1. The number of nitrogens with one attached hydrogen (secondary N) is 1. The Balaban J connectivity index is 2.21. The summed E-state index contributed by atoms with van der Waals surface area (Å²) in [6, 6.07) is 0. The van der Waals surface area contributed by atoms with Gasteiger partial charge in [0.05, 0.1) is 6.54 Å². The molecule has 1 aliphatic rings. The van der Waals surface area contributed by atoms with E-state index in [2.05, 4.69) is 24.1 Å². The molecule has 1 saturated heterocycles. The zero-order valence-corrected chi connectivity index (χ0v) is 10.7. The lowest BCUT2D eigenvalue weighted by Gasteiger charge is -2.29. The fourth-order valence-corrected chi connectivity index (χ4v) is 1.95. The van der Waals surface area contributed by atoms with Gasteiger partial charge in [0.1, 0.15) is 0 Å². The van der Waals surface area contributed by atoms with Crippen molar-refractivity contribution < 1.29 is 9.59 Å². The van der Waals surface area contributed by atoms with E-state index in [4.69, 9.17) is 5.73 Å². The van der Waals surface area contributed by atoms with Gasteiger partial charge in [0.25, 0.3) is 0 Å². The zero-order chi connectivity index (χ0) is 12.8. The molecule has 0 aromatic carbocycles. The molecular weight excluding hydrogens is 218 g/mol. The maximum atomic E-state index is 11.6. The molecule has 17 heavy (non-hydrogen) atoms. The van der Waals surface area contributed by atoms with Crippen LogP contribution in [0.3, 0.4) is 0 Å². The van der Waals surface area contributed by atoms with E-state index in [1.807, 2.05) is 0 Å².